The molecule has 2 aromatic carbocycles. The van der Waals surface area contributed by atoms with Crippen LogP contribution in [0.5, 0.6) is 0 Å². The minimum atomic E-state index is -0.0669. The number of thioether (sulfide) groups is 1. The van der Waals surface area contributed by atoms with Gasteiger partial charge in [0.15, 0.2) is 0 Å². The molecular formula is C22H22ClN3O2S. The summed E-state index contributed by atoms with van der Waals surface area (Å²) in [4.78, 5) is 12.4. The molecule has 0 fully saturated rings. The van der Waals surface area contributed by atoms with Crippen molar-refractivity contribution < 1.29 is 9.21 Å². The fraction of sp³-hybridized carbons (Fsp3) is 0.318. The van der Waals surface area contributed by atoms with Gasteiger partial charge in [-0.2, -0.15) is 0 Å². The van der Waals surface area contributed by atoms with E-state index in [1.54, 1.807) is 12.1 Å². The van der Waals surface area contributed by atoms with Gasteiger partial charge >= 0.3 is 0 Å². The van der Waals surface area contributed by atoms with Crippen molar-refractivity contribution in [1.82, 2.24) is 15.5 Å². The molecular weight excluding hydrogens is 406 g/mol. The molecule has 150 valence electrons. The minimum Gasteiger partial charge on any atom is -0.411 e. The molecule has 1 aliphatic carbocycles. The zero-order valence-corrected chi connectivity index (χ0v) is 17.7. The van der Waals surface area contributed by atoms with Crippen LogP contribution in [0.15, 0.2) is 52.1 Å². The number of nitrogens with zero attached hydrogens (tertiary/aromatic N) is 2. The van der Waals surface area contributed by atoms with Crippen LogP contribution in [0.3, 0.4) is 0 Å². The van der Waals surface area contributed by atoms with E-state index >= 15 is 0 Å². The Bertz CT molecular complexity index is 1020. The zero-order valence-electron chi connectivity index (χ0n) is 16.2. The summed E-state index contributed by atoms with van der Waals surface area (Å²) < 4.78 is 5.63. The highest BCUT2D eigenvalue weighted by molar-refractivity contribution is 7.99. The molecule has 0 aliphatic heterocycles. The van der Waals surface area contributed by atoms with Crippen molar-refractivity contribution in [3.8, 4) is 11.5 Å². The van der Waals surface area contributed by atoms with Gasteiger partial charge in [0.1, 0.15) is 0 Å². The number of carbonyl (C=O) groups is 1. The van der Waals surface area contributed by atoms with Crippen LogP contribution in [0, 0.1) is 0 Å². The second-order valence-electron chi connectivity index (χ2n) is 7.20. The number of carbonyl (C=O) groups excluding carboxylic acids is 1. The summed E-state index contributed by atoms with van der Waals surface area (Å²) in [7, 11) is 0. The van der Waals surface area contributed by atoms with Crippen LogP contribution in [-0.2, 0) is 17.6 Å². The number of halogens is 1. The smallest absolute Gasteiger partial charge is 0.277 e. The van der Waals surface area contributed by atoms with Gasteiger partial charge < -0.3 is 9.73 Å². The number of aromatic nitrogens is 2. The topological polar surface area (TPSA) is 68.0 Å². The first-order valence-electron chi connectivity index (χ1n) is 9.72. The molecule has 1 atom stereocenters. The molecule has 0 saturated carbocycles. The van der Waals surface area contributed by atoms with E-state index in [-0.39, 0.29) is 17.7 Å². The second kappa shape index (κ2) is 9.01. The lowest BCUT2D eigenvalue weighted by Crippen LogP contribution is -2.28. The number of fused-ring (bicyclic) bond motifs is 1. The molecule has 4 rings (SSSR count). The normalized spacial score (nSPS) is 14.3. The summed E-state index contributed by atoms with van der Waals surface area (Å²) in [6, 6.07) is 13.7. The van der Waals surface area contributed by atoms with Gasteiger partial charge in [-0.05, 0) is 67.5 Å². The van der Waals surface area contributed by atoms with Gasteiger partial charge in [-0.15, -0.1) is 10.2 Å². The van der Waals surface area contributed by atoms with E-state index < -0.39 is 0 Å². The van der Waals surface area contributed by atoms with Crippen molar-refractivity contribution in [2.75, 3.05) is 5.75 Å². The molecule has 0 unspecified atom stereocenters. The molecule has 0 spiro atoms. The summed E-state index contributed by atoms with van der Waals surface area (Å²) in [6.45, 7) is 2.01. The maximum Gasteiger partial charge on any atom is 0.277 e. The first kappa shape index (κ1) is 20.0. The Kier molecular flexibility index (Phi) is 6.21. The molecule has 3 aromatic rings. The number of hydrogen-bond donors (Lipinski definition) is 1. The van der Waals surface area contributed by atoms with Crippen LogP contribution in [0.4, 0.5) is 0 Å². The van der Waals surface area contributed by atoms with E-state index in [0.29, 0.717) is 16.1 Å². The Hall–Kier alpha value is -2.31. The summed E-state index contributed by atoms with van der Waals surface area (Å²) in [6.07, 6.45) is 4.81. The third-order valence-electron chi connectivity index (χ3n) is 5.05. The highest BCUT2D eigenvalue weighted by Gasteiger charge is 2.16. The third-order valence-corrected chi connectivity index (χ3v) is 6.11. The molecule has 1 N–H and O–H groups in total. The summed E-state index contributed by atoms with van der Waals surface area (Å²) in [5.74, 6) is 0.535. The minimum absolute atomic E-state index is 0.0416. The van der Waals surface area contributed by atoms with Gasteiger partial charge in [-0.25, -0.2) is 0 Å². The van der Waals surface area contributed by atoms with Crippen molar-refractivity contribution in [3.05, 3.63) is 64.2 Å². The van der Waals surface area contributed by atoms with Crippen molar-refractivity contribution in [2.24, 2.45) is 0 Å². The Morgan fingerprint density at radius 2 is 2.00 bits per heavy atom. The molecule has 0 radical (unpaired) electrons. The highest BCUT2D eigenvalue weighted by atomic mass is 35.5. The maximum atomic E-state index is 12.4. The quantitative estimate of drug-likeness (QED) is 0.545. The monoisotopic (exact) mass is 427 g/mol. The molecule has 1 aromatic heterocycles. The number of aryl methyl sites for hydroxylation is 2. The van der Waals surface area contributed by atoms with Crippen molar-refractivity contribution >= 4 is 29.3 Å². The summed E-state index contributed by atoms with van der Waals surface area (Å²) in [5.41, 5.74) is 4.76. The Morgan fingerprint density at radius 3 is 2.83 bits per heavy atom. The van der Waals surface area contributed by atoms with Crippen LogP contribution in [-0.4, -0.2) is 21.9 Å². The molecule has 0 bridgehead atoms. The highest BCUT2D eigenvalue weighted by Crippen LogP contribution is 2.26. The van der Waals surface area contributed by atoms with Crippen LogP contribution >= 0.6 is 23.4 Å². The fourth-order valence-corrected chi connectivity index (χ4v) is 4.29. The fourth-order valence-electron chi connectivity index (χ4n) is 3.52. The lowest BCUT2D eigenvalue weighted by Gasteiger charge is -2.20. The van der Waals surface area contributed by atoms with Gasteiger partial charge in [-0.3, -0.25) is 4.79 Å². The van der Waals surface area contributed by atoms with Crippen LogP contribution in [0.25, 0.3) is 11.5 Å². The van der Waals surface area contributed by atoms with E-state index in [9.17, 15) is 4.79 Å². The molecule has 7 heteroatoms. The third kappa shape index (κ3) is 5.00. The first-order valence-corrected chi connectivity index (χ1v) is 11.1. The largest absolute Gasteiger partial charge is 0.411 e. The Morgan fingerprint density at radius 1 is 1.17 bits per heavy atom. The molecule has 1 amide bonds. The summed E-state index contributed by atoms with van der Waals surface area (Å²) >= 11 is 7.22. The lowest BCUT2D eigenvalue weighted by molar-refractivity contribution is -0.119. The van der Waals surface area contributed by atoms with Crippen molar-refractivity contribution in [2.45, 2.75) is 43.9 Å². The predicted octanol–water partition coefficient (Wildman–Crippen LogP) is 5.24. The van der Waals surface area contributed by atoms with Gasteiger partial charge in [0.25, 0.3) is 5.22 Å². The van der Waals surface area contributed by atoms with Crippen molar-refractivity contribution in [1.29, 1.82) is 0 Å². The average molecular weight is 428 g/mol. The molecule has 1 heterocycles. The molecule has 1 aliphatic rings. The second-order valence-corrected chi connectivity index (χ2v) is 8.56. The molecule has 5 nitrogen and oxygen atoms in total. The van der Waals surface area contributed by atoms with Gasteiger partial charge in [0.05, 0.1) is 11.8 Å². The maximum absolute atomic E-state index is 12.4. The zero-order chi connectivity index (χ0) is 20.2. The number of amides is 1. The average Bonchev–Trinajstić information content (AvgIpc) is 3.21. The van der Waals surface area contributed by atoms with Gasteiger partial charge in [0.2, 0.25) is 11.8 Å². The van der Waals surface area contributed by atoms with Gasteiger partial charge in [0, 0.05) is 10.6 Å². The van der Waals surface area contributed by atoms with Gasteiger partial charge in [-0.1, -0.05) is 47.6 Å². The SMILES string of the molecule is C[C@H](NC(=O)CSc1nnc(-c2cccc(Cl)c2)o1)c1ccc2c(c1)CCCC2. The number of benzene rings is 2. The Labute approximate surface area is 179 Å². The van der Waals surface area contributed by atoms with Crippen LogP contribution < -0.4 is 5.32 Å². The standard InChI is InChI=1S/C22H22ClN3O2S/c1-14(16-10-9-15-5-2-3-6-17(15)11-16)24-20(27)13-29-22-26-25-21(28-22)18-7-4-8-19(23)12-18/h4,7-12,14H,2-3,5-6,13H2,1H3,(H,24,27)/t14-/m0/s1. The summed E-state index contributed by atoms with van der Waals surface area (Å²) in [5, 5.41) is 12.0. The number of nitrogens with one attached hydrogen (secondary N) is 1. The van der Waals surface area contributed by atoms with E-state index in [1.165, 1.54) is 35.7 Å². The number of rotatable bonds is 6. The van der Waals surface area contributed by atoms with Crippen molar-refractivity contribution in [3.63, 3.8) is 0 Å². The Balaban J connectivity index is 1.32. The van der Waals surface area contributed by atoms with E-state index in [4.69, 9.17) is 16.0 Å². The molecule has 0 saturated heterocycles. The number of hydrogen-bond acceptors (Lipinski definition) is 5. The lowest BCUT2D eigenvalue weighted by atomic mass is 9.89. The van der Waals surface area contributed by atoms with Crippen LogP contribution in [0.1, 0.15) is 42.5 Å². The predicted molar refractivity (Wildman–Crippen MR) is 115 cm³/mol. The van der Waals surface area contributed by atoms with E-state index in [0.717, 1.165) is 24.0 Å². The first-order chi connectivity index (χ1) is 14.1. The van der Waals surface area contributed by atoms with E-state index in [1.807, 2.05) is 19.1 Å². The molecule has 29 heavy (non-hydrogen) atoms. The van der Waals surface area contributed by atoms with Crippen LogP contribution in [0.2, 0.25) is 5.02 Å². The van der Waals surface area contributed by atoms with E-state index in [2.05, 4.69) is 33.7 Å².